The summed E-state index contributed by atoms with van der Waals surface area (Å²) in [5.41, 5.74) is 8.45. The van der Waals surface area contributed by atoms with E-state index >= 15 is 0 Å². The SMILES string of the molecule is C=S1(=O)NC(=O)c2ccc3c(c2)N(C[C@@H]2CC[C@H]2[C@@](CC(N)=O)(OC)/C=C/C[C@H](C)[C@H]1C)C[C@@]1(CCCc2cc(Cl)ccc21)CO3. The van der Waals surface area contributed by atoms with Gasteiger partial charge in [0.1, 0.15) is 5.75 Å². The van der Waals surface area contributed by atoms with Crippen LogP contribution in [0.5, 0.6) is 5.75 Å². The fourth-order valence-corrected chi connectivity index (χ4v) is 9.88. The lowest BCUT2D eigenvalue weighted by Gasteiger charge is -2.50. The lowest BCUT2D eigenvalue weighted by atomic mass is 9.62. The van der Waals surface area contributed by atoms with Crippen LogP contribution in [0.2, 0.25) is 5.02 Å². The molecule has 4 aliphatic rings. The van der Waals surface area contributed by atoms with Gasteiger partial charge in [-0.2, -0.15) is 0 Å². The number of amides is 2. The minimum atomic E-state index is -2.99. The summed E-state index contributed by atoms with van der Waals surface area (Å²) < 4.78 is 29.4. The number of carbonyl (C=O) groups is 2. The van der Waals surface area contributed by atoms with E-state index in [-0.39, 0.29) is 29.6 Å². The van der Waals surface area contributed by atoms with Gasteiger partial charge < -0.3 is 20.1 Å². The van der Waals surface area contributed by atoms with E-state index in [9.17, 15) is 13.8 Å². The quantitative estimate of drug-likeness (QED) is 0.333. The second-order valence-electron chi connectivity index (χ2n) is 14.0. The number of nitrogens with zero attached hydrogens (tertiary/aromatic N) is 1. The molecule has 7 atom stereocenters. The summed E-state index contributed by atoms with van der Waals surface area (Å²) >= 11 is 6.44. The third kappa shape index (κ3) is 6.06. The van der Waals surface area contributed by atoms with Gasteiger partial charge in [0.05, 0.1) is 34.0 Å². The van der Waals surface area contributed by atoms with Gasteiger partial charge in [0.25, 0.3) is 5.91 Å². The van der Waals surface area contributed by atoms with E-state index in [2.05, 4.69) is 27.6 Å². The summed E-state index contributed by atoms with van der Waals surface area (Å²) in [6.45, 7) is 5.73. The molecule has 2 aromatic carbocycles. The number of hydrogen-bond donors (Lipinski definition) is 2. The van der Waals surface area contributed by atoms with Crippen LogP contribution in [0.15, 0.2) is 48.6 Å². The Morgan fingerprint density at radius 3 is 2.76 bits per heavy atom. The van der Waals surface area contributed by atoms with Crippen LogP contribution in [0.1, 0.15) is 73.9 Å². The highest BCUT2D eigenvalue weighted by atomic mass is 35.5. The van der Waals surface area contributed by atoms with Gasteiger partial charge >= 0.3 is 0 Å². The molecule has 248 valence electrons. The number of ether oxygens (including phenoxy) is 2. The van der Waals surface area contributed by atoms with Crippen LogP contribution in [-0.2, 0) is 31.1 Å². The first kappa shape index (κ1) is 32.9. The summed E-state index contributed by atoms with van der Waals surface area (Å²) in [4.78, 5) is 28.4. The minimum absolute atomic E-state index is 0.0600. The van der Waals surface area contributed by atoms with Crippen molar-refractivity contribution in [3.8, 4) is 5.75 Å². The number of primary amides is 1. The Kier molecular flexibility index (Phi) is 8.98. The molecule has 1 spiro atoms. The van der Waals surface area contributed by atoms with Crippen molar-refractivity contribution in [2.24, 2.45) is 23.5 Å². The van der Waals surface area contributed by atoms with Crippen LogP contribution in [0.4, 0.5) is 5.69 Å². The lowest BCUT2D eigenvalue weighted by molar-refractivity contribution is -0.130. The summed E-state index contributed by atoms with van der Waals surface area (Å²) in [6.07, 6.45) is 9.52. The van der Waals surface area contributed by atoms with Crippen LogP contribution in [-0.4, -0.2) is 59.6 Å². The number of halogens is 1. The van der Waals surface area contributed by atoms with Crippen molar-refractivity contribution in [1.29, 1.82) is 0 Å². The number of methoxy groups -OCH3 is 1. The van der Waals surface area contributed by atoms with Crippen LogP contribution < -0.4 is 20.1 Å². The first-order valence-corrected chi connectivity index (χ1v) is 18.5. The number of anilines is 1. The molecule has 2 heterocycles. The van der Waals surface area contributed by atoms with Crippen LogP contribution >= 0.6 is 11.6 Å². The second-order valence-corrected chi connectivity index (χ2v) is 16.8. The number of rotatable bonds is 3. The summed E-state index contributed by atoms with van der Waals surface area (Å²) in [5, 5.41) is 0.328. The predicted molar refractivity (Wildman–Crippen MR) is 185 cm³/mol. The molecular weight excluding hydrogens is 622 g/mol. The van der Waals surface area contributed by atoms with E-state index in [0.29, 0.717) is 37.4 Å². The van der Waals surface area contributed by atoms with Gasteiger partial charge in [-0.3, -0.25) is 14.3 Å². The molecule has 1 saturated carbocycles. The van der Waals surface area contributed by atoms with Crippen molar-refractivity contribution in [3.63, 3.8) is 0 Å². The highest BCUT2D eigenvalue weighted by Gasteiger charge is 2.49. The average molecular weight is 668 g/mol. The Bertz CT molecular complexity index is 1660. The second kappa shape index (κ2) is 12.5. The molecule has 6 rings (SSSR count). The molecule has 2 bridgehead atoms. The molecule has 8 nitrogen and oxygen atoms in total. The minimum Gasteiger partial charge on any atom is -0.490 e. The smallest absolute Gasteiger partial charge is 0.262 e. The number of nitrogens with one attached hydrogen (secondary N) is 1. The highest BCUT2D eigenvalue weighted by Crippen LogP contribution is 2.49. The van der Waals surface area contributed by atoms with E-state index < -0.39 is 32.4 Å². The van der Waals surface area contributed by atoms with Crippen molar-refractivity contribution in [1.82, 2.24) is 4.72 Å². The molecule has 0 radical (unpaired) electrons. The normalized spacial score (nSPS) is 35.0. The number of hydrogen-bond acceptors (Lipinski definition) is 6. The third-order valence-corrected chi connectivity index (χ3v) is 13.6. The molecular formula is C36H46ClN3O5S. The maximum Gasteiger partial charge on any atom is 0.262 e. The Labute approximate surface area is 278 Å². The van der Waals surface area contributed by atoms with Gasteiger partial charge in [-0.25, -0.2) is 4.21 Å². The van der Waals surface area contributed by atoms with Crippen molar-refractivity contribution >= 4 is 44.7 Å². The van der Waals surface area contributed by atoms with E-state index in [4.69, 9.17) is 26.8 Å². The fraction of sp³-hybridized carbons (Fsp3) is 0.528. The molecule has 46 heavy (non-hydrogen) atoms. The van der Waals surface area contributed by atoms with E-state index in [1.165, 1.54) is 11.1 Å². The average Bonchev–Trinajstić information content (AvgIpc) is 3.14. The summed E-state index contributed by atoms with van der Waals surface area (Å²) in [5.74, 6) is 4.06. The summed E-state index contributed by atoms with van der Waals surface area (Å²) in [7, 11) is -1.33. The fourth-order valence-electron chi connectivity index (χ4n) is 8.20. The molecule has 2 aliphatic carbocycles. The number of aryl methyl sites for hydroxylation is 1. The Morgan fingerprint density at radius 2 is 2.04 bits per heavy atom. The first-order valence-electron chi connectivity index (χ1n) is 16.4. The Morgan fingerprint density at radius 1 is 1.24 bits per heavy atom. The van der Waals surface area contributed by atoms with Crippen LogP contribution in [0.3, 0.4) is 0 Å². The Balaban J connectivity index is 1.47. The molecule has 3 N–H and O–H groups in total. The topological polar surface area (TPSA) is 111 Å². The zero-order valence-electron chi connectivity index (χ0n) is 27.1. The zero-order chi connectivity index (χ0) is 32.9. The summed E-state index contributed by atoms with van der Waals surface area (Å²) in [6, 6.07) is 11.7. The third-order valence-electron chi connectivity index (χ3n) is 11.2. The standard InChI is InChI=1S/C36H46ClN3O5S/c1-23-7-5-16-36(44-3,19-33(38)41)30-12-9-27(30)20-40-21-35(15-6-8-25-17-28(37)11-13-29(25)35)22-45-32-14-10-26(18-31(32)40)34(42)39-46(4,43)24(23)2/h5,10-11,13-14,16-18,23-24,27,30H,4,6-9,12,15,19-22H2,1-3H3,(H2,38,41)(H,39,42,43)/b16-5+/t23-,24+,27-,30+,35-,36+,46?/m0/s1. The van der Waals surface area contributed by atoms with E-state index in [0.717, 1.165) is 42.8 Å². The van der Waals surface area contributed by atoms with Gasteiger partial charge in [-0.1, -0.05) is 36.7 Å². The molecule has 1 fully saturated rings. The molecule has 2 aromatic rings. The van der Waals surface area contributed by atoms with Gasteiger partial charge in [0.2, 0.25) is 5.91 Å². The van der Waals surface area contributed by atoms with Gasteiger partial charge in [-0.15, -0.1) is 0 Å². The van der Waals surface area contributed by atoms with Gasteiger partial charge in [0, 0.05) is 41.5 Å². The molecule has 10 heteroatoms. The maximum absolute atomic E-state index is 13.8. The molecule has 1 unspecified atom stereocenters. The van der Waals surface area contributed by atoms with E-state index in [1.807, 2.05) is 44.2 Å². The number of benzene rings is 2. The molecule has 2 amide bonds. The first-order chi connectivity index (χ1) is 21.9. The highest BCUT2D eigenvalue weighted by molar-refractivity contribution is 7.99. The zero-order valence-corrected chi connectivity index (χ0v) is 28.6. The number of allylic oxidation sites excluding steroid dienone is 1. The Hall–Kier alpha value is -3.01. The van der Waals surface area contributed by atoms with Crippen LogP contribution in [0, 0.1) is 17.8 Å². The lowest BCUT2D eigenvalue weighted by Crippen LogP contribution is -2.54. The number of nitrogens with two attached hydrogens (primary N) is 1. The van der Waals surface area contributed by atoms with Crippen molar-refractivity contribution < 1.29 is 23.3 Å². The molecule has 2 aliphatic heterocycles. The number of fused-ring (bicyclic) bond motifs is 4. The van der Waals surface area contributed by atoms with Crippen molar-refractivity contribution in [2.45, 2.75) is 75.1 Å². The number of carbonyl (C=O) groups excluding carboxylic acids is 2. The van der Waals surface area contributed by atoms with E-state index in [1.54, 1.807) is 13.2 Å². The van der Waals surface area contributed by atoms with Crippen molar-refractivity contribution in [3.05, 3.63) is 70.3 Å². The van der Waals surface area contributed by atoms with Crippen molar-refractivity contribution in [2.75, 3.05) is 31.7 Å². The van der Waals surface area contributed by atoms with Gasteiger partial charge in [-0.05, 0) is 111 Å². The molecule has 0 saturated heterocycles. The predicted octanol–water partition coefficient (Wildman–Crippen LogP) is 5.45. The monoisotopic (exact) mass is 667 g/mol. The van der Waals surface area contributed by atoms with Crippen LogP contribution in [0.25, 0.3) is 0 Å². The molecule has 0 aromatic heterocycles. The maximum atomic E-state index is 13.8. The largest absolute Gasteiger partial charge is 0.490 e. The van der Waals surface area contributed by atoms with Gasteiger partial charge in [0.15, 0.2) is 0 Å².